The molecule has 25 heavy (non-hydrogen) atoms. The molecule has 0 spiro atoms. The molecule has 1 saturated carbocycles. The molecule has 2 fully saturated rings. The van der Waals surface area contributed by atoms with E-state index in [0.29, 0.717) is 6.04 Å². The Balaban J connectivity index is 0.00000156. The molecule has 6 heteroatoms. The summed E-state index contributed by atoms with van der Waals surface area (Å²) in [5.74, 6) is 0.193. The molecule has 0 unspecified atom stereocenters. The zero-order valence-corrected chi connectivity index (χ0v) is 16.7. The Labute approximate surface area is 163 Å². The molecule has 1 amide bonds. The predicted octanol–water partition coefficient (Wildman–Crippen LogP) is 3.62. The molecule has 1 heterocycles. The number of hydrogen-bond donors (Lipinski definition) is 1. The maximum Gasteiger partial charge on any atom is 0.242 e. The fourth-order valence-electron chi connectivity index (χ4n) is 4.04. The molecule has 1 aromatic rings. The third-order valence-corrected chi connectivity index (χ3v) is 5.63. The molecule has 142 valence electrons. The van der Waals surface area contributed by atoms with Crippen molar-refractivity contribution in [1.29, 1.82) is 0 Å². The Morgan fingerprint density at radius 3 is 2.20 bits per heavy atom. The first kappa shape index (κ1) is 22.1. The lowest BCUT2D eigenvalue weighted by atomic mass is 9.81. The van der Waals surface area contributed by atoms with Gasteiger partial charge in [0.1, 0.15) is 0 Å². The van der Waals surface area contributed by atoms with Gasteiger partial charge in [-0.3, -0.25) is 4.79 Å². The van der Waals surface area contributed by atoms with Crippen molar-refractivity contribution in [3.8, 4) is 0 Å². The van der Waals surface area contributed by atoms with Crippen LogP contribution in [0.4, 0.5) is 5.69 Å². The second kappa shape index (κ2) is 9.65. The van der Waals surface area contributed by atoms with Gasteiger partial charge in [0.05, 0.1) is 5.54 Å². The van der Waals surface area contributed by atoms with Gasteiger partial charge in [0.2, 0.25) is 5.91 Å². The molecule has 1 saturated heterocycles. The van der Waals surface area contributed by atoms with Crippen LogP contribution in [0.2, 0.25) is 0 Å². The minimum absolute atomic E-state index is 0. The first-order chi connectivity index (χ1) is 11.1. The standard InChI is InChI=1S/C19H29N3O.2ClH/c1-21(16-8-4-2-5-9-16)17-10-14-22(15-11-17)18(23)19(20)12-6-3-7-13-19;;/h2,4-5,8-9,17H,3,6-7,10-15,20H2,1H3;2*1H. The lowest BCUT2D eigenvalue weighted by molar-refractivity contribution is -0.139. The molecule has 1 aliphatic heterocycles. The zero-order valence-electron chi connectivity index (χ0n) is 15.0. The highest BCUT2D eigenvalue weighted by Gasteiger charge is 2.39. The second-order valence-electron chi connectivity index (χ2n) is 7.19. The molecule has 4 nitrogen and oxygen atoms in total. The highest BCUT2D eigenvalue weighted by molar-refractivity contribution is 5.86. The number of benzene rings is 1. The number of amides is 1. The van der Waals surface area contributed by atoms with Crippen LogP contribution < -0.4 is 10.6 Å². The maximum atomic E-state index is 12.8. The van der Waals surface area contributed by atoms with Crippen LogP contribution in [0.3, 0.4) is 0 Å². The number of halogens is 2. The summed E-state index contributed by atoms with van der Waals surface area (Å²) in [6, 6.07) is 11.0. The van der Waals surface area contributed by atoms with E-state index < -0.39 is 5.54 Å². The number of anilines is 1. The van der Waals surface area contributed by atoms with Crippen molar-refractivity contribution in [2.24, 2.45) is 5.73 Å². The zero-order chi connectivity index (χ0) is 16.3. The van der Waals surface area contributed by atoms with Crippen LogP contribution in [-0.2, 0) is 4.79 Å². The second-order valence-corrected chi connectivity index (χ2v) is 7.19. The predicted molar refractivity (Wildman–Crippen MR) is 109 cm³/mol. The SMILES string of the molecule is CN(c1ccccc1)C1CCN(C(=O)C2(N)CCCCC2)CC1.Cl.Cl. The summed E-state index contributed by atoms with van der Waals surface area (Å²) in [6.07, 6.45) is 7.16. The van der Waals surface area contributed by atoms with E-state index in [4.69, 9.17) is 5.73 Å². The Morgan fingerprint density at radius 2 is 1.64 bits per heavy atom. The van der Waals surface area contributed by atoms with Crippen LogP contribution in [0.25, 0.3) is 0 Å². The van der Waals surface area contributed by atoms with Crippen LogP contribution in [-0.4, -0.2) is 42.5 Å². The van der Waals surface area contributed by atoms with Crippen molar-refractivity contribution in [2.45, 2.75) is 56.5 Å². The van der Waals surface area contributed by atoms with Crippen molar-refractivity contribution >= 4 is 36.4 Å². The number of nitrogens with two attached hydrogens (primary N) is 1. The topological polar surface area (TPSA) is 49.6 Å². The highest BCUT2D eigenvalue weighted by Crippen LogP contribution is 2.29. The van der Waals surface area contributed by atoms with Gasteiger partial charge in [0.25, 0.3) is 0 Å². The van der Waals surface area contributed by atoms with Gasteiger partial charge in [-0.1, -0.05) is 37.5 Å². The number of nitrogens with zero attached hydrogens (tertiary/aromatic N) is 2. The van der Waals surface area contributed by atoms with E-state index in [1.165, 1.54) is 12.1 Å². The number of piperidine rings is 1. The summed E-state index contributed by atoms with van der Waals surface area (Å²) in [4.78, 5) is 17.2. The van der Waals surface area contributed by atoms with Crippen LogP contribution in [0.15, 0.2) is 30.3 Å². The highest BCUT2D eigenvalue weighted by atomic mass is 35.5. The van der Waals surface area contributed by atoms with E-state index in [-0.39, 0.29) is 30.7 Å². The Kier molecular flexibility index (Phi) is 8.52. The fourth-order valence-corrected chi connectivity index (χ4v) is 4.04. The molecule has 1 aromatic carbocycles. The minimum atomic E-state index is -0.587. The lowest BCUT2D eigenvalue weighted by Gasteiger charge is -2.42. The van der Waals surface area contributed by atoms with E-state index >= 15 is 0 Å². The normalized spacial score (nSPS) is 20.2. The van der Waals surface area contributed by atoms with Crippen LogP contribution in [0, 0.1) is 0 Å². The average molecular weight is 388 g/mol. The first-order valence-corrected chi connectivity index (χ1v) is 8.96. The number of likely N-dealkylation sites (tertiary alicyclic amines) is 1. The van der Waals surface area contributed by atoms with Crippen molar-refractivity contribution in [1.82, 2.24) is 4.90 Å². The molecular formula is C19H31Cl2N3O. The largest absolute Gasteiger partial charge is 0.371 e. The van der Waals surface area contributed by atoms with Gasteiger partial charge in [-0.05, 0) is 37.8 Å². The Hall–Kier alpha value is -0.970. The van der Waals surface area contributed by atoms with Crippen molar-refractivity contribution in [3.63, 3.8) is 0 Å². The molecule has 0 bridgehead atoms. The summed E-state index contributed by atoms with van der Waals surface area (Å²) in [6.45, 7) is 1.67. The number of rotatable bonds is 3. The number of carbonyl (C=O) groups is 1. The molecule has 0 aromatic heterocycles. The van der Waals surface area contributed by atoms with Crippen LogP contribution >= 0.6 is 24.8 Å². The smallest absolute Gasteiger partial charge is 0.242 e. The van der Waals surface area contributed by atoms with Crippen LogP contribution in [0.1, 0.15) is 44.9 Å². The summed E-state index contributed by atoms with van der Waals surface area (Å²) in [5.41, 5.74) is 7.08. The van der Waals surface area contributed by atoms with Gasteiger partial charge in [-0.15, -0.1) is 24.8 Å². The van der Waals surface area contributed by atoms with Crippen LogP contribution in [0.5, 0.6) is 0 Å². The van der Waals surface area contributed by atoms with E-state index in [1.807, 2.05) is 11.0 Å². The van der Waals surface area contributed by atoms with Gasteiger partial charge in [0, 0.05) is 31.9 Å². The van der Waals surface area contributed by atoms with Crippen molar-refractivity contribution in [2.75, 3.05) is 25.0 Å². The van der Waals surface area contributed by atoms with Crippen molar-refractivity contribution < 1.29 is 4.79 Å². The molecular weight excluding hydrogens is 357 g/mol. The quantitative estimate of drug-likeness (QED) is 0.861. The Bertz CT molecular complexity index is 527. The summed E-state index contributed by atoms with van der Waals surface area (Å²) in [7, 11) is 2.16. The number of carbonyl (C=O) groups excluding carboxylic acids is 1. The summed E-state index contributed by atoms with van der Waals surface area (Å²) in [5, 5.41) is 0. The third kappa shape index (κ3) is 5.02. The van der Waals surface area contributed by atoms with E-state index in [0.717, 1.165) is 51.6 Å². The van der Waals surface area contributed by atoms with Crippen molar-refractivity contribution in [3.05, 3.63) is 30.3 Å². The summed E-state index contributed by atoms with van der Waals surface area (Å²) >= 11 is 0. The lowest BCUT2D eigenvalue weighted by Crippen LogP contribution is -2.58. The monoisotopic (exact) mass is 387 g/mol. The molecule has 3 rings (SSSR count). The molecule has 2 aliphatic rings. The number of hydrogen-bond acceptors (Lipinski definition) is 3. The molecule has 0 radical (unpaired) electrons. The molecule has 2 N–H and O–H groups in total. The first-order valence-electron chi connectivity index (χ1n) is 8.96. The van der Waals surface area contributed by atoms with Gasteiger partial charge < -0.3 is 15.5 Å². The third-order valence-electron chi connectivity index (χ3n) is 5.63. The van der Waals surface area contributed by atoms with E-state index in [2.05, 4.69) is 36.2 Å². The fraction of sp³-hybridized carbons (Fsp3) is 0.632. The summed E-state index contributed by atoms with van der Waals surface area (Å²) < 4.78 is 0. The van der Waals surface area contributed by atoms with E-state index in [9.17, 15) is 4.79 Å². The minimum Gasteiger partial charge on any atom is -0.371 e. The van der Waals surface area contributed by atoms with Gasteiger partial charge in [-0.25, -0.2) is 0 Å². The van der Waals surface area contributed by atoms with Gasteiger partial charge >= 0.3 is 0 Å². The average Bonchev–Trinajstić information content (AvgIpc) is 2.62. The number of para-hydroxylation sites is 1. The molecule has 0 atom stereocenters. The van der Waals surface area contributed by atoms with E-state index in [1.54, 1.807) is 0 Å². The Morgan fingerprint density at radius 1 is 1.08 bits per heavy atom. The molecule has 1 aliphatic carbocycles. The van der Waals surface area contributed by atoms with Gasteiger partial charge in [-0.2, -0.15) is 0 Å². The maximum absolute atomic E-state index is 12.8. The van der Waals surface area contributed by atoms with Gasteiger partial charge in [0.15, 0.2) is 0 Å².